The van der Waals surface area contributed by atoms with Crippen molar-refractivity contribution in [1.29, 1.82) is 0 Å². The Hall–Kier alpha value is -2.95. The van der Waals surface area contributed by atoms with Crippen molar-refractivity contribution in [1.82, 2.24) is 4.98 Å². The number of anilines is 1. The minimum Gasteiger partial charge on any atom is -0.495 e. The monoisotopic (exact) mass is 324 g/mol. The van der Waals surface area contributed by atoms with Crippen LogP contribution in [-0.4, -0.2) is 23.8 Å². The lowest BCUT2D eigenvalue weighted by Crippen LogP contribution is -2.23. The summed E-state index contributed by atoms with van der Waals surface area (Å²) in [6, 6.07) is 10.5. The van der Waals surface area contributed by atoms with Crippen molar-refractivity contribution in [2.24, 2.45) is 5.92 Å². The number of aromatic nitrogens is 1. The number of nitrogens with zero attached hydrogens (tertiary/aromatic N) is 1. The van der Waals surface area contributed by atoms with Crippen LogP contribution < -0.4 is 10.1 Å². The smallest absolute Gasteiger partial charge is 0.259 e. The summed E-state index contributed by atoms with van der Waals surface area (Å²) >= 11 is 0. The second kappa shape index (κ2) is 8.06. The highest BCUT2D eigenvalue weighted by Crippen LogP contribution is 2.24. The molecule has 0 aliphatic carbocycles. The number of nitrogens with one attached hydrogen (secondary N) is 1. The number of rotatable bonds is 6. The number of hydrogen-bond donors (Lipinski definition) is 1. The SMILES string of the molecule is COc1ccccc1NC(=O)C(=Cc1ccncc1)C(=O)C(C)C. The molecule has 1 aromatic heterocycles. The number of methoxy groups -OCH3 is 1. The van der Waals surface area contributed by atoms with E-state index in [9.17, 15) is 9.59 Å². The molecule has 0 fully saturated rings. The molecule has 1 heterocycles. The molecule has 124 valence electrons. The summed E-state index contributed by atoms with van der Waals surface area (Å²) in [5, 5.41) is 2.75. The van der Waals surface area contributed by atoms with E-state index in [1.165, 1.54) is 7.11 Å². The molecule has 2 aromatic rings. The van der Waals surface area contributed by atoms with Gasteiger partial charge >= 0.3 is 0 Å². The van der Waals surface area contributed by atoms with Crippen LogP contribution in [0.1, 0.15) is 19.4 Å². The van der Waals surface area contributed by atoms with Gasteiger partial charge in [0.15, 0.2) is 5.78 Å². The largest absolute Gasteiger partial charge is 0.495 e. The Morgan fingerprint density at radius 2 is 1.79 bits per heavy atom. The Balaban J connectivity index is 2.35. The van der Waals surface area contributed by atoms with Crippen LogP contribution in [0.25, 0.3) is 6.08 Å². The standard InChI is InChI=1S/C19H20N2O3/c1-13(2)18(22)15(12-14-8-10-20-11-9-14)19(23)21-16-6-4-5-7-17(16)24-3/h4-13H,1-3H3,(H,21,23). The van der Waals surface area contributed by atoms with E-state index in [4.69, 9.17) is 4.74 Å². The van der Waals surface area contributed by atoms with Crippen molar-refractivity contribution >= 4 is 23.5 Å². The van der Waals surface area contributed by atoms with Gasteiger partial charge in [0.05, 0.1) is 18.4 Å². The first kappa shape index (κ1) is 17.4. The Bertz CT molecular complexity index is 752. The molecule has 0 unspecified atom stereocenters. The predicted molar refractivity (Wildman–Crippen MR) is 93.7 cm³/mol. The minimum absolute atomic E-state index is 0.0992. The maximum Gasteiger partial charge on any atom is 0.259 e. The lowest BCUT2D eigenvalue weighted by atomic mass is 9.98. The van der Waals surface area contributed by atoms with E-state index in [1.807, 2.05) is 6.07 Å². The molecule has 5 nitrogen and oxygen atoms in total. The molecule has 0 aliphatic heterocycles. The molecule has 5 heteroatoms. The van der Waals surface area contributed by atoms with Crippen LogP contribution in [0.4, 0.5) is 5.69 Å². The summed E-state index contributed by atoms with van der Waals surface area (Å²) in [6.07, 6.45) is 4.80. The zero-order valence-corrected chi connectivity index (χ0v) is 13.9. The maximum atomic E-state index is 12.7. The Morgan fingerprint density at radius 1 is 1.12 bits per heavy atom. The van der Waals surface area contributed by atoms with Gasteiger partial charge in [0.25, 0.3) is 5.91 Å². The molecule has 1 aromatic carbocycles. The number of Topliss-reactive ketones (excluding diaryl/α,β-unsaturated/α-hetero) is 1. The summed E-state index contributed by atoms with van der Waals surface area (Å²) in [6.45, 7) is 3.53. The van der Waals surface area contributed by atoms with Gasteiger partial charge in [0, 0.05) is 18.3 Å². The number of ketones is 1. The molecular weight excluding hydrogens is 304 g/mol. The Labute approximate surface area is 141 Å². The number of hydrogen-bond acceptors (Lipinski definition) is 4. The van der Waals surface area contributed by atoms with Crippen LogP contribution in [0.5, 0.6) is 5.75 Å². The zero-order valence-electron chi connectivity index (χ0n) is 13.9. The molecule has 0 bridgehead atoms. The van der Waals surface area contributed by atoms with Gasteiger partial charge in [-0.3, -0.25) is 14.6 Å². The number of para-hydroxylation sites is 2. The van der Waals surface area contributed by atoms with Crippen LogP contribution in [-0.2, 0) is 9.59 Å². The van der Waals surface area contributed by atoms with Crippen LogP contribution >= 0.6 is 0 Å². The summed E-state index contributed by atoms with van der Waals surface area (Å²) in [5.41, 5.74) is 1.36. The quantitative estimate of drug-likeness (QED) is 0.503. The third kappa shape index (κ3) is 4.29. The van der Waals surface area contributed by atoms with E-state index in [0.29, 0.717) is 11.4 Å². The van der Waals surface area contributed by atoms with Crippen molar-refractivity contribution in [2.45, 2.75) is 13.8 Å². The number of ether oxygens (including phenoxy) is 1. The highest BCUT2D eigenvalue weighted by molar-refractivity contribution is 6.26. The summed E-state index contributed by atoms with van der Waals surface area (Å²) in [5.74, 6) is -0.443. The molecule has 2 rings (SSSR count). The highest BCUT2D eigenvalue weighted by Gasteiger charge is 2.22. The van der Waals surface area contributed by atoms with Crippen LogP contribution in [0.15, 0.2) is 54.4 Å². The molecule has 0 atom stereocenters. The van der Waals surface area contributed by atoms with E-state index < -0.39 is 5.91 Å². The van der Waals surface area contributed by atoms with Crippen LogP contribution in [0.3, 0.4) is 0 Å². The predicted octanol–water partition coefficient (Wildman–Crippen LogP) is 3.34. The van der Waals surface area contributed by atoms with E-state index in [1.54, 1.807) is 62.6 Å². The maximum absolute atomic E-state index is 12.7. The van der Waals surface area contributed by atoms with Crippen molar-refractivity contribution in [2.75, 3.05) is 12.4 Å². The molecule has 1 N–H and O–H groups in total. The fourth-order valence-corrected chi connectivity index (χ4v) is 2.12. The van der Waals surface area contributed by atoms with Gasteiger partial charge in [-0.25, -0.2) is 0 Å². The first-order chi connectivity index (χ1) is 11.5. The summed E-state index contributed by atoms with van der Waals surface area (Å²) in [7, 11) is 1.53. The van der Waals surface area contributed by atoms with Crippen LogP contribution in [0, 0.1) is 5.92 Å². The van der Waals surface area contributed by atoms with Crippen molar-refractivity contribution in [3.05, 3.63) is 59.9 Å². The average molecular weight is 324 g/mol. The Kier molecular flexibility index (Phi) is 5.84. The molecular formula is C19H20N2O3. The fraction of sp³-hybridized carbons (Fsp3) is 0.211. The molecule has 0 radical (unpaired) electrons. The number of carbonyl (C=O) groups is 2. The lowest BCUT2D eigenvalue weighted by Gasteiger charge is -2.13. The molecule has 0 saturated heterocycles. The Morgan fingerprint density at radius 3 is 2.42 bits per heavy atom. The van der Waals surface area contributed by atoms with Crippen molar-refractivity contribution < 1.29 is 14.3 Å². The minimum atomic E-state index is -0.463. The molecule has 0 saturated carbocycles. The van der Waals surface area contributed by atoms with Gasteiger partial charge in [0.1, 0.15) is 5.75 Å². The van der Waals surface area contributed by atoms with Gasteiger partial charge in [-0.1, -0.05) is 26.0 Å². The second-order valence-electron chi connectivity index (χ2n) is 5.51. The van der Waals surface area contributed by atoms with Gasteiger partial charge in [-0.05, 0) is 35.9 Å². The molecule has 0 spiro atoms. The van der Waals surface area contributed by atoms with Crippen molar-refractivity contribution in [3.63, 3.8) is 0 Å². The van der Waals surface area contributed by atoms with Gasteiger partial charge in [0.2, 0.25) is 0 Å². The highest BCUT2D eigenvalue weighted by atomic mass is 16.5. The zero-order chi connectivity index (χ0) is 17.5. The summed E-state index contributed by atoms with van der Waals surface area (Å²) < 4.78 is 5.22. The van der Waals surface area contributed by atoms with Crippen molar-refractivity contribution in [3.8, 4) is 5.75 Å². The third-order valence-electron chi connectivity index (χ3n) is 3.41. The van der Waals surface area contributed by atoms with Gasteiger partial charge in [-0.15, -0.1) is 0 Å². The van der Waals surface area contributed by atoms with Gasteiger partial charge < -0.3 is 10.1 Å². The number of carbonyl (C=O) groups excluding carboxylic acids is 2. The lowest BCUT2D eigenvalue weighted by molar-refractivity contribution is -0.121. The van der Waals surface area contributed by atoms with Gasteiger partial charge in [-0.2, -0.15) is 0 Å². The first-order valence-electron chi connectivity index (χ1n) is 7.63. The fourth-order valence-electron chi connectivity index (χ4n) is 2.12. The van der Waals surface area contributed by atoms with E-state index in [0.717, 1.165) is 5.56 Å². The summed E-state index contributed by atoms with van der Waals surface area (Å²) in [4.78, 5) is 29.1. The number of amides is 1. The van der Waals surface area contributed by atoms with E-state index >= 15 is 0 Å². The normalized spacial score (nSPS) is 11.2. The molecule has 24 heavy (non-hydrogen) atoms. The average Bonchev–Trinajstić information content (AvgIpc) is 2.60. The number of benzene rings is 1. The third-order valence-corrected chi connectivity index (χ3v) is 3.41. The van der Waals surface area contributed by atoms with E-state index in [-0.39, 0.29) is 17.3 Å². The van der Waals surface area contributed by atoms with E-state index in [2.05, 4.69) is 10.3 Å². The topological polar surface area (TPSA) is 68.3 Å². The molecule has 1 amide bonds. The first-order valence-corrected chi connectivity index (χ1v) is 7.63. The number of pyridine rings is 1. The van der Waals surface area contributed by atoms with Crippen LogP contribution in [0.2, 0.25) is 0 Å². The second-order valence-corrected chi connectivity index (χ2v) is 5.51. The molecule has 0 aliphatic rings.